The molecule has 5 heteroatoms. The van der Waals surface area contributed by atoms with Crippen molar-refractivity contribution in [3.63, 3.8) is 0 Å². The van der Waals surface area contributed by atoms with Gasteiger partial charge in [-0.2, -0.15) is 0 Å². The van der Waals surface area contributed by atoms with Crippen LogP contribution in [0.25, 0.3) is 0 Å². The number of carbonyl (C=O) groups excluding carboxylic acids is 2. The molecule has 1 aromatic rings. The molecular formula is C26H30O5. The number of fused-ring (bicyclic) bond motifs is 16. The van der Waals surface area contributed by atoms with Crippen molar-refractivity contribution < 1.29 is 23.8 Å². The molecule has 4 aliphatic carbocycles. The van der Waals surface area contributed by atoms with E-state index in [1.165, 1.54) is 7.11 Å². The van der Waals surface area contributed by atoms with E-state index in [0.717, 1.165) is 44.1 Å². The van der Waals surface area contributed by atoms with Gasteiger partial charge in [-0.05, 0) is 67.8 Å². The normalized spacial score (nSPS) is 49.8. The number of hydrogen-bond donors (Lipinski definition) is 0. The zero-order valence-corrected chi connectivity index (χ0v) is 18.0. The van der Waals surface area contributed by atoms with Crippen LogP contribution in [-0.2, 0) is 30.4 Å². The van der Waals surface area contributed by atoms with E-state index in [-0.39, 0.29) is 42.2 Å². The molecule has 164 valence electrons. The van der Waals surface area contributed by atoms with Crippen LogP contribution in [-0.4, -0.2) is 30.3 Å². The lowest BCUT2D eigenvalue weighted by molar-refractivity contribution is -0.190. The molecule has 10 atom stereocenters. The topological polar surface area (TPSA) is 61.8 Å². The molecule has 6 bridgehead atoms. The Bertz CT molecular complexity index is 906. The number of ether oxygens (including phenoxy) is 3. The summed E-state index contributed by atoms with van der Waals surface area (Å²) in [4.78, 5) is 27.5. The number of esters is 2. The molecule has 2 saturated heterocycles. The standard InChI is InChI=1S/C26H30O5/c1-29-23(27)25-19-15-7-9-17(11-15)21(19)26(31-25,22-18-10-8-16(12-18)20(22)25)24(28)30-13-14-5-3-2-4-6-14/h2-6,15-22H,7-13H2,1H3/t15-,16+,17+,18-,19+,20-,21-,22+,25?,26?. The van der Waals surface area contributed by atoms with Crippen molar-refractivity contribution in [1.29, 1.82) is 0 Å². The third-order valence-corrected chi connectivity index (χ3v) is 10.2. The van der Waals surface area contributed by atoms with Crippen LogP contribution in [0, 0.1) is 47.3 Å². The Morgan fingerprint density at radius 3 is 1.81 bits per heavy atom. The van der Waals surface area contributed by atoms with Gasteiger partial charge in [-0.25, -0.2) is 9.59 Å². The minimum absolute atomic E-state index is 0.106. The van der Waals surface area contributed by atoms with Crippen LogP contribution in [0.5, 0.6) is 0 Å². The Hall–Kier alpha value is -1.88. The molecule has 6 fully saturated rings. The summed E-state index contributed by atoms with van der Waals surface area (Å²) in [6.07, 6.45) is 6.83. The van der Waals surface area contributed by atoms with Crippen LogP contribution in [0.15, 0.2) is 30.3 Å². The van der Waals surface area contributed by atoms with Gasteiger partial charge in [-0.3, -0.25) is 0 Å². The Balaban J connectivity index is 1.33. The largest absolute Gasteiger partial charge is 0.467 e. The monoisotopic (exact) mass is 422 g/mol. The lowest BCUT2D eigenvalue weighted by atomic mass is 9.50. The second-order valence-electron chi connectivity index (χ2n) is 11.0. The Labute approximate surface area is 182 Å². The third-order valence-electron chi connectivity index (χ3n) is 10.2. The van der Waals surface area contributed by atoms with E-state index in [1.54, 1.807) is 0 Å². The van der Waals surface area contributed by atoms with E-state index >= 15 is 0 Å². The molecular weight excluding hydrogens is 392 g/mol. The molecule has 5 nitrogen and oxygen atoms in total. The van der Waals surface area contributed by atoms with Gasteiger partial charge in [-0.15, -0.1) is 0 Å². The van der Waals surface area contributed by atoms with Crippen LogP contribution in [0.2, 0.25) is 0 Å². The van der Waals surface area contributed by atoms with Crippen molar-refractivity contribution >= 4 is 11.9 Å². The first kappa shape index (κ1) is 18.7. The molecule has 0 spiro atoms. The fourth-order valence-corrected chi connectivity index (χ4v) is 9.67. The average Bonchev–Trinajstić information content (AvgIpc) is 3.63. The highest BCUT2D eigenvalue weighted by molar-refractivity contribution is 5.89. The second kappa shape index (κ2) is 6.12. The summed E-state index contributed by atoms with van der Waals surface area (Å²) in [6, 6.07) is 9.85. The minimum Gasteiger partial charge on any atom is -0.467 e. The Morgan fingerprint density at radius 1 is 0.839 bits per heavy atom. The molecule has 2 heterocycles. The van der Waals surface area contributed by atoms with Gasteiger partial charge in [0, 0.05) is 23.7 Å². The van der Waals surface area contributed by atoms with Crippen molar-refractivity contribution in [1.82, 2.24) is 0 Å². The summed E-state index contributed by atoms with van der Waals surface area (Å²) in [7, 11) is 1.48. The van der Waals surface area contributed by atoms with E-state index in [1.807, 2.05) is 30.3 Å². The minimum atomic E-state index is -0.960. The molecule has 0 radical (unpaired) electrons. The zero-order valence-electron chi connectivity index (χ0n) is 18.0. The van der Waals surface area contributed by atoms with E-state index in [2.05, 4.69) is 0 Å². The van der Waals surface area contributed by atoms with Gasteiger partial charge >= 0.3 is 11.9 Å². The first-order valence-electron chi connectivity index (χ1n) is 12.1. The van der Waals surface area contributed by atoms with Crippen molar-refractivity contribution in [3.05, 3.63) is 35.9 Å². The molecule has 0 amide bonds. The Morgan fingerprint density at radius 2 is 1.32 bits per heavy atom. The predicted octanol–water partition coefficient (Wildman–Crippen LogP) is 3.75. The van der Waals surface area contributed by atoms with Crippen molar-refractivity contribution in [2.75, 3.05) is 7.11 Å². The quantitative estimate of drug-likeness (QED) is 0.692. The van der Waals surface area contributed by atoms with Gasteiger partial charge < -0.3 is 14.2 Å². The average molecular weight is 423 g/mol. The maximum absolute atomic E-state index is 14.0. The van der Waals surface area contributed by atoms with Gasteiger partial charge in [0.25, 0.3) is 0 Å². The summed E-state index contributed by atoms with van der Waals surface area (Å²) in [6.45, 7) is 0.257. The first-order chi connectivity index (χ1) is 15.1. The molecule has 2 aliphatic heterocycles. The third kappa shape index (κ3) is 2.03. The summed E-state index contributed by atoms with van der Waals surface area (Å²) in [5.74, 6) is 1.86. The molecule has 7 rings (SSSR count). The molecule has 0 aromatic heterocycles. The van der Waals surface area contributed by atoms with Crippen molar-refractivity contribution in [2.45, 2.75) is 56.3 Å². The van der Waals surface area contributed by atoms with E-state index in [0.29, 0.717) is 23.7 Å². The van der Waals surface area contributed by atoms with Gasteiger partial charge in [0.15, 0.2) is 11.2 Å². The predicted molar refractivity (Wildman–Crippen MR) is 110 cm³/mol. The molecule has 6 aliphatic rings. The van der Waals surface area contributed by atoms with Gasteiger partial charge in [0.1, 0.15) is 6.61 Å². The van der Waals surface area contributed by atoms with E-state index < -0.39 is 11.2 Å². The van der Waals surface area contributed by atoms with Crippen LogP contribution in [0.3, 0.4) is 0 Å². The zero-order chi connectivity index (χ0) is 21.0. The first-order valence-corrected chi connectivity index (χ1v) is 12.1. The number of rotatable bonds is 4. The lowest BCUT2D eigenvalue weighted by Gasteiger charge is -2.49. The molecule has 2 unspecified atom stereocenters. The van der Waals surface area contributed by atoms with Gasteiger partial charge in [0.05, 0.1) is 7.11 Å². The maximum Gasteiger partial charge on any atom is 0.339 e. The fraction of sp³-hybridized carbons (Fsp3) is 0.692. The molecule has 0 N–H and O–H groups in total. The summed E-state index contributed by atoms with van der Waals surface area (Å²) >= 11 is 0. The number of hydrogen-bond acceptors (Lipinski definition) is 5. The number of benzene rings is 1. The van der Waals surface area contributed by atoms with Crippen molar-refractivity contribution in [2.24, 2.45) is 47.3 Å². The fourth-order valence-electron chi connectivity index (χ4n) is 9.67. The van der Waals surface area contributed by atoms with Crippen LogP contribution in [0.1, 0.15) is 44.1 Å². The van der Waals surface area contributed by atoms with Crippen LogP contribution >= 0.6 is 0 Å². The molecule has 31 heavy (non-hydrogen) atoms. The van der Waals surface area contributed by atoms with Gasteiger partial charge in [-0.1, -0.05) is 30.3 Å². The molecule has 1 aromatic carbocycles. The van der Waals surface area contributed by atoms with Crippen LogP contribution < -0.4 is 0 Å². The maximum atomic E-state index is 14.0. The van der Waals surface area contributed by atoms with E-state index in [9.17, 15) is 9.59 Å². The summed E-state index contributed by atoms with van der Waals surface area (Å²) in [5.41, 5.74) is -0.913. The highest BCUT2D eigenvalue weighted by Crippen LogP contribution is 2.79. The Kier molecular flexibility index (Phi) is 3.69. The summed E-state index contributed by atoms with van der Waals surface area (Å²) < 4.78 is 18.3. The van der Waals surface area contributed by atoms with E-state index in [4.69, 9.17) is 14.2 Å². The van der Waals surface area contributed by atoms with Crippen LogP contribution in [0.4, 0.5) is 0 Å². The number of methoxy groups -OCH3 is 1. The lowest BCUT2D eigenvalue weighted by Crippen LogP contribution is -2.60. The SMILES string of the molecule is COC(=O)C12OC(C(=O)OCc3ccccc3)([C@@H]3[C@H]4CC[C@H](C4)[C@@H]31)[C@H]1[C@@H]3CC[C@@H](C3)[C@H]12. The van der Waals surface area contributed by atoms with Crippen molar-refractivity contribution in [3.8, 4) is 0 Å². The summed E-state index contributed by atoms with van der Waals surface area (Å²) in [5, 5.41) is 0. The van der Waals surface area contributed by atoms with Gasteiger partial charge in [0.2, 0.25) is 0 Å². The highest BCUT2D eigenvalue weighted by atomic mass is 16.6. The molecule has 4 saturated carbocycles. The smallest absolute Gasteiger partial charge is 0.339 e. The number of carbonyl (C=O) groups is 2. The highest BCUT2D eigenvalue weighted by Gasteiger charge is 2.88. The second-order valence-corrected chi connectivity index (χ2v) is 11.0.